The molecule has 0 saturated carbocycles. The van der Waals surface area contributed by atoms with Crippen LogP contribution in [0.2, 0.25) is 0 Å². The number of anilines is 1. The van der Waals surface area contributed by atoms with E-state index in [0.717, 1.165) is 25.4 Å². The second-order valence-electron chi connectivity index (χ2n) is 6.26. The Hall–Kier alpha value is -0.610. The lowest BCUT2D eigenvalue weighted by atomic mass is 9.76. The first-order valence-electron chi connectivity index (χ1n) is 6.48. The highest BCUT2D eigenvalue weighted by molar-refractivity contribution is 7.15. The Morgan fingerprint density at radius 3 is 2.76 bits per heavy atom. The predicted molar refractivity (Wildman–Crippen MR) is 72.7 cm³/mol. The van der Waals surface area contributed by atoms with Crippen molar-refractivity contribution in [2.75, 3.05) is 24.5 Å². The summed E-state index contributed by atoms with van der Waals surface area (Å²) < 4.78 is 0. The van der Waals surface area contributed by atoms with Gasteiger partial charge < -0.3 is 10.2 Å². The lowest BCUT2D eigenvalue weighted by Crippen LogP contribution is -2.52. The van der Waals surface area contributed by atoms with Crippen molar-refractivity contribution in [3.63, 3.8) is 0 Å². The Bertz CT molecular complexity index is 389. The highest BCUT2D eigenvalue weighted by Gasteiger charge is 2.37. The predicted octanol–water partition coefficient (Wildman–Crippen LogP) is 2.27. The number of rotatable bonds is 1. The van der Waals surface area contributed by atoms with Gasteiger partial charge in [0.1, 0.15) is 0 Å². The summed E-state index contributed by atoms with van der Waals surface area (Å²) >= 11 is 1.88. The first-order valence-corrected chi connectivity index (χ1v) is 7.30. The number of hydrogen-bond donors (Lipinski definition) is 1. The van der Waals surface area contributed by atoms with E-state index in [4.69, 9.17) is 4.98 Å². The summed E-state index contributed by atoms with van der Waals surface area (Å²) in [5, 5.41) is 4.66. The van der Waals surface area contributed by atoms with Crippen LogP contribution in [0.1, 0.15) is 31.3 Å². The van der Waals surface area contributed by atoms with Gasteiger partial charge in [0.15, 0.2) is 5.13 Å². The van der Waals surface area contributed by atoms with E-state index < -0.39 is 0 Å². The average molecular weight is 251 g/mol. The van der Waals surface area contributed by atoms with Crippen LogP contribution < -0.4 is 10.2 Å². The quantitative estimate of drug-likeness (QED) is 0.830. The van der Waals surface area contributed by atoms with E-state index in [1.807, 2.05) is 11.3 Å². The van der Waals surface area contributed by atoms with E-state index >= 15 is 0 Å². The number of hydrogen-bond acceptors (Lipinski definition) is 4. The zero-order valence-electron chi connectivity index (χ0n) is 10.9. The zero-order valence-corrected chi connectivity index (χ0v) is 11.7. The Morgan fingerprint density at radius 1 is 1.35 bits per heavy atom. The summed E-state index contributed by atoms with van der Waals surface area (Å²) in [6, 6.07) is 0. The molecule has 3 nitrogen and oxygen atoms in total. The molecule has 0 aliphatic carbocycles. The fourth-order valence-electron chi connectivity index (χ4n) is 2.43. The van der Waals surface area contributed by atoms with Gasteiger partial charge in [-0.25, -0.2) is 4.98 Å². The lowest BCUT2D eigenvalue weighted by molar-refractivity contribution is 0.195. The summed E-state index contributed by atoms with van der Waals surface area (Å²) in [4.78, 5) is 8.69. The summed E-state index contributed by atoms with van der Waals surface area (Å²) in [5.41, 5.74) is 1.78. The molecule has 1 saturated heterocycles. The molecular formula is C13H21N3S. The number of aromatic nitrogens is 1. The van der Waals surface area contributed by atoms with Gasteiger partial charge in [-0.2, -0.15) is 0 Å². The van der Waals surface area contributed by atoms with Crippen LogP contribution in [0, 0.1) is 11.3 Å². The SMILES string of the molecule is CC(C)(C)C1CN(c2nc3c(s2)CNCC3)C1. The molecule has 3 heterocycles. The molecule has 0 radical (unpaired) electrons. The van der Waals surface area contributed by atoms with Gasteiger partial charge in [-0.15, -0.1) is 11.3 Å². The van der Waals surface area contributed by atoms with Crippen molar-refractivity contribution in [3.8, 4) is 0 Å². The molecule has 17 heavy (non-hydrogen) atoms. The van der Waals surface area contributed by atoms with E-state index in [0.29, 0.717) is 5.41 Å². The molecule has 0 unspecified atom stereocenters. The van der Waals surface area contributed by atoms with Gasteiger partial charge in [0.2, 0.25) is 0 Å². The third-order valence-corrected chi connectivity index (χ3v) is 5.13. The van der Waals surface area contributed by atoms with E-state index in [-0.39, 0.29) is 0 Å². The van der Waals surface area contributed by atoms with Crippen LogP contribution in [0.5, 0.6) is 0 Å². The van der Waals surface area contributed by atoms with E-state index in [2.05, 4.69) is 31.0 Å². The minimum Gasteiger partial charge on any atom is -0.347 e. The molecule has 2 aliphatic heterocycles. The van der Waals surface area contributed by atoms with Crippen molar-refractivity contribution < 1.29 is 0 Å². The van der Waals surface area contributed by atoms with Crippen molar-refractivity contribution in [1.82, 2.24) is 10.3 Å². The number of fused-ring (bicyclic) bond motifs is 1. The molecule has 0 aromatic carbocycles. The summed E-state index contributed by atoms with van der Waals surface area (Å²) in [7, 11) is 0. The molecule has 0 amide bonds. The second-order valence-corrected chi connectivity index (χ2v) is 7.32. The largest absolute Gasteiger partial charge is 0.347 e. The van der Waals surface area contributed by atoms with Crippen molar-refractivity contribution in [2.24, 2.45) is 11.3 Å². The minimum atomic E-state index is 0.439. The topological polar surface area (TPSA) is 28.2 Å². The second kappa shape index (κ2) is 3.95. The van der Waals surface area contributed by atoms with Gasteiger partial charge >= 0.3 is 0 Å². The number of nitrogens with one attached hydrogen (secondary N) is 1. The molecule has 3 rings (SSSR count). The molecule has 1 N–H and O–H groups in total. The van der Waals surface area contributed by atoms with Crippen LogP contribution in [0.4, 0.5) is 5.13 Å². The minimum absolute atomic E-state index is 0.439. The maximum Gasteiger partial charge on any atom is 0.185 e. The average Bonchev–Trinajstić information content (AvgIpc) is 2.55. The zero-order chi connectivity index (χ0) is 12.0. The van der Waals surface area contributed by atoms with E-state index in [9.17, 15) is 0 Å². The standard InChI is InChI=1S/C13H21N3S/c1-13(2,3)9-7-16(8-9)12-15-10-4-5-14-6-11(10)17-12/h9,14H,4-8H2,1-3H3. The van der Waals surface area contributed by atoms with Crippen LogP contribution in [0.3, 0.4) is 0 Å². The third kappa shape index (κ3) is 2.08. The maximum atomic E-state index is 4.79. The maximum absolute atomic E-state index is 4.79. The fourth-order valence-corrected chi connectivity index (χ4v) is 3.52. The van der Waals surface area contributed by atoms with Gasteiger partial charge in [0.25, 0.3) is 0 Å². The van der Waals surface area contributed by atoms with Crippen molar-refractivity contribution in [1.29, 1.82) is 0 Å². The first-order chi connectivity index (χ1) is 8.04. The van der Waals surface area contributed by atoms with Crippen LogP contribution in [-0.4, -0.2) is 24.6 Å². The Balaban J connectivity index is 1.69. The third-order valence-electron chi connectivity index (χ3n) is 3.97. The van der Waals surface area contributed by atoms with Crippen LogP contribution >= 0.6 is 11.3 Å². The monoisotopic (exact) mass is 251 g/mol. The summed E-state index contributed by atoms with van der Waals surface area (Å²) in [6.07, 6.45) is 1.10. The highest BCUT2D eigenvalue weighted by atomic mass is 32.1. The van der Waals surface area contributed by atoms with Crippen LogP contribution in [-0.2, 0) is 13.0 Å². The fraction of sp³-hybridized carbons (Fsp3) is 0.769. The highest BCUT2D eigenvalue weighted by Crippen LogP contribution is 2.38. The smallest absolute Gasteiger partial charge is 0.185 e. The van der Waals surface area contributed by atoms with Gasteiger partial charge in [-0.05, 0) is 11.3 Å². The molecule has 0 atom stereocenters. The molecule has 0 spiro atoms. The normalized spacial score (nSPS) is 21.2. The van der Waals surface area contributed by atoms with Gasteiger partial charge in [-0.1, -0.05) is 20.8 Å². The van der Waals surface area contributed by atoms with Gasteiger partial charge in [0.05, 0.1) is 5.69 Å². The number of thiazole rings is 1. The lowest BCUT2D eigenvalue weighted by Gasteiger charge is -2.46. The Labute approximate surface area is 107 Å². The van der Waals surface area contributed by atoms with Crippen LogP contribution in [0.15, 0.2) is 0 Å². The molecule has 4 heteroatoms. The van der Waals surface area contributed by atoms with E-state index in [1.54, 1.807) is 0 Å². The first kappa shape index (κ1) is 11.5. The summed E-state index contributed by atoms with van der Waals surface area (Å²) in [5.74, 6) is 0.821. The molecule has 0 bridgehead atoms. The molecular weight excluding hydrogens is 230 g/mol. The molecule has 1 aromatic heterocycles. The van der Waals surface area contributed by atoms with Crippen LogP contribution in [0.25, 0.3) is 0 Å². The number of nitrogens with zero attached hydrogens (tertiary/aromatic N) is 2. The van der Waals surface area contributed by atoms with Gasteiger partial charge in [0, 0.05) is 37.5 Å². The molecule has 1 fully saturated rings. The van der Waals surface area contributed by atoms with Crippen molar-refractivity contribution >= 4 is 16.5 Å². The van der Waals surface area contributed by atoms with Gasteiger partial charge in [-0.3, -0.25) is 0 Å². The Morgan fingerprint density at radius 2 is 2.12 bits per heavy atom. The molecule has 94 valence electrons. The summed E-state index contributed by atoms with van der Waals surface area (Å²) in [6.45, 7) is 11.5. The Kier molecular flexibility index (Phi) is 2.67. The molecule has 2 aliphatic rings. The molecule has 1 aromatic rings. The van der Waals surface area contributed by atoms with Crippen molar-refractivity contribution in [3.05, 3.63) is 10.6 Å². The van der Waals surface area contributed by atoms with Crippen molar-refractivity contribution in [2.45, 2.75) is 33.7 Å². The van der Waals surface area contributed by atoms with E-state index in [1.165, 1.54) is 28.8 Å².